The first-order valence-electron chi connectivity index (χ1n) is 6.55. The van der Waals surface area contributed by atoms with Gasteiger partial charge in [-0.1, -0.05) is 0 Å². The number of rotatable bonds is 5. The number of pyridine rings is 1. The lowest BCUT2D eigenvalue weighted by molar-refractivity contribution is 0.0374. The monoisotopic (exact) mass is 264 g/mol. The number of hydrogen-bond acceptors (Lipinski definition) is 5. The minimum Gasteiger partial charge on any atom is -0.397 e. The van der Waals surface area contributed by atoms with Crippen molar-refractivity contribution in [2.75, 3.05) is 45.1 Å². The number of carbonyl (C=O) groups excluding carboxylic acids is 1. The Bertz CT molecular complexity index is 419. The van der Waals surface area contributed by atoms with Gasteiger partial charge < -0.3 is 15.8 Å². The summed E-state index contributed by atoms with van der Waals surface area (Å²) in [4.78, 5) is 18.1. The Labute approximate surface area is 112 Å². The average molecular weight is 264 g/mol. The topological polar surface area (TPSA) is 80.5 Å². The Morgan fingerprint density at radius 1 is 1.47 bits per heavy atom. The first-order valence-corrected chi connectivity index (χ1v) is 6.55. The molecule has 6 heteroatoms. The van der Waals surface area contributed by atoms with Crippen LogP contribution in [0.2, 0.25) is 0 Å². The van der Waals surface area contributed by atoms with Crippen LogP contribution in [-0.4, -0.2) is 55.2 Å². The van der Waals surface area contributed by atoms with Gasteiger partial charge in [0.15, 0.2) is 0 Å². The largest absolute Gasteiger partial charge is 0.397 e. The summed E-state index contributed by atoms with van der Waals surface area (Å²) in [7, 11) is 0. The number of anilines is 1. The average Bonchev–Trinajstić information content (AvgIpc) is 2.45. The molecule has 19 heavy (non-hydrogen) atoms. The number of nitrogen functional groups attached to an aromatic ring is 1. The quantitative estimate of drug-likeness (QED) is 0.738. The standard InChI is InChI=1S/C13H20N4O2/c14-12-10-15-4-2-11(12)13(18)16-3-1-5-17-6-8-19-9-7-17/h2,4,10H,1,3,5-9,14H2,(H,16,18). The Kier molecular flexibility index (Phi) is 5.11. The van der Waals surface area contributed by atoms with E-state index in [2.05, 4.69) is 15.2 Å². The van der Waals surface area contributed by atoms with Crippen LogP contribution in [0.4, 0.5) is 5.69 Å². The summed E-state index contributed by atoms with van der Waals surface area (Å²) >= 11 is 0. The molecule has 0 bridgehead atoms. The van der Waals surface area contributed by atoms with Gasteiger partial charge in [0, 0.05) is 25.8 Å². The maximum absolute atomic E-state index is 11.9. The second kappa shape index (κ2) is 7.06. The Morgan fingerprint density at radius 2 is 2.26 bits per heavy atom. The third kappa shape index (κ3) is 4.18. The number of morpholine rings is 1. The number of nitrogens with two attached hydrogens (primary N) is 1. The highest BCUT2D eigenvalue weighted by molar-refractivity contribution is 5.98. The summed E-state index contributed by atoms with van der Waals surface area (Å²) in [5.41, 5.74) is 6.59. The van der Waals surface area contributed by atoms with Gasteiger partial charge in [-0.25, -0.2) is 0 Å². The molecule has 0 unspecified atom stereocenters. The van der Waals surface area contributed by atoms with E-state index in [1.807, 2.05) is 0 Å². The van der Waals surface area contributed by atoms with Gasteiger partial charge in [0.1, 0.15) is 0 Å². The normalized spacial score (nSPS) is 16.2. The zero-order valence-electron chi connectivity index (χ0n) is 11.0. The lowest BCUT2D eigenvalue weighted by atomic mass is 10.2. The maximum atomic E-state index is 11.9. The lowest BCUT2D eigenvalue weighted by Gasteiger charge is -2.26. The van der Waals surface area contributed by atoms with Crippen molar-refractivity contribution in [3.8, 4) is 0 Å². The summed E-state index contributed by atoms with van der Waals surface area (Å²) in [5.74, 6) is -0.137. The third-order valence-electron chi connectivity index (χ3n) is 3.14. The van der Waals surface area contributed by atoms with E-state index < -0.39 is 0 Å². The number of hydrogen-bond donors (Lipinski definition) is 2. The fraction of sp³-hybridized carbons (Fsp3) is 0.538. The van der Waals surface area contributed by atoms with Gasteiger partial charge in [0.2, 0.25) is 0 Å². The molecule has 3 N–H and O–H groups in total. The molecule has 1 amide bonds. The van der Waals surface area contributed by atoms with Crippen LogP contribution in [0.5, 0.6) is 0 Å². The van der Waals surface area contributed by atoms with Crippen LogP contribution in [0.3, 0.4) is 0 Å². The Balaban J connectivity index is 1.68. The van der Waals surface area contributed by atoms with Crippen LogP contribution in [0.25, 0.3) is 0 Å². The van der Waals surface area contributed by atoms with E-state index in [1.54, 1.807) is 12.3 Å². The van der Waals surface area contributed by atoms with Crippen LogP contribution in [0.1, 0.15) is 16.8 Å². The molecule has 1 aromatic rings. The minimum absolute atomic E-state index is 0.137. The van der Waals surface area contributed by atoms with Gasteiger partial charge in [-0.2, -0.15) is 0 Å². The SMILES string of the molecule is Nc1cnccc1C(=O)NCCCN1CCOCC1. The van der Waals surface area contributed by atoms with Crippen LogP contribution in [-0.2, 0) is 4.74 Å². The molecule has 2 heterocycles. The number of ether oxygens (including phenoxy) is 1. The van der Waals surface area contributed by atoms with Crippen molar-refractivity contribution in [2.45, 2.75) is 6.42 Å². The molecular weight excluding hydrogens is 244 g/mol. The Morgan fingerprint density at radius 3 is 3.00 bits per heavy atom. The molecule has 0 aliphatic carbocycles. The summed E-state index contributed by atoms with van der Waals surface area (Å²) < 4.78 is 5.28. The van der Waals surface area contributed by atoms with Crippen molar-refractivity contribution in [1.82, 2.24) is 15.2 Å². The summed E-state index contributed by atoms with van der Waals surface area (Å²) in [6.45, 7) is 5.20. The number of amides is 1. The number of nitrogens with one attached hydrogen (secondary N) is 1. The zero-order valence-corrected chi connectivity index (χ0v) is 11.0. The van der Waals surface area contributed by atoms with Crippen molar-refractivity contribution in [3.05, 3.63) is 24.0 Å². The van der Waals surface area contributed by atoms with Gasteiger partial charge in [-0.3, -0.25) is 14.7 Å². The van der Waals surface area contributed by atoms with Gasteiger partial charge in [0.05, 0.1) is 30.7 Å². The van der Waals surface area contributed by atoms with E-state index >= 15 is 0 Å². The smallest absolute Gasteiger partial charge is 0.253 e. The maximum Gasteiger partial charge on any atom is 0.253 e. The van der Waals surface area contributed by atoms with Crippen molar-refractivity contribution < 1.29 is 9.53 Å². The van der Waals surface area contributed by atoms with Crippen LogP contribution in [0.15, 0.2) is 18.5 Å². The van der Waals surface area contributed by atoms with E-state index in [0.717, 1.165) is 39.3 Å². The van der Waals surface area contributed by atoms with Crippen molar-refractivity contribution in [1.29, 1.82) is 0 Å². The van der Waals surface area contributed by atoms with Crippen molar-refractivity contribution in [2.24, 2.45) is 0 Å². The van der Waals surface area contributed by atoms with Crippen molar-refractivity contribution in [3.63, 3.8) is 0 Å². The molecule has 104 valence electrons. The first kappa shape index (κ1) is 13.8. The molecule has 1 aliphatic heterocycles. The molecule has 0 spiro atoms. The Hall–Kier alpha value is -1.66. The zero-order chi connectivity index (χ0) is 13.5. The second-order valence-electron chi connectivity index (χ2n) is 4.53. The molecule has 0 radical (unpaired) electrons. The van der Waals surface area contributed by atoms with Gasteiger partial charge >= 0.3 is 0 Å². The molecule has 1 aromatic heterocycles. The van der Waals surface area contributed by atoms with Crippen LogP contribution < -0.4 is 11.1 Å². The molecule has 0 atom stereocenters. The van der Waals surface area contributed by atoms with E-state index in [1.165, 1.54) is 6.20 Å². The van der Waals surface area contributed by atoms with Crippen LogP contribution >= 0.6 is 0 Å². The van der Waals surface area contributed by atoms with Gasteiger partial charge in [-0.05, 0) is 19.0 Å². The first-order chi connectivity index (χ1) is 9.27. The summed E-state index contributed by atoms with van der Waals surface area (Å²) in [5, 5.41) is 2.87. The van der Waals surface area contributed by atoms with E-state index in [0.29, 0.717) is 17.8 Å². The lowest BCUT2D eigenvalue weighted by Crippen LogP contribution is -2.38. The highest BCUT2D eigenvalue weighted by Crippen LogP contribution is 2.07. The summed E-state index contributed by atoms with van der Waals surface area (Å²) in [6.07, 6.45) is 3.98. The number of nitrogens with zero attached hydrogens (tertiary/aromatic N) is 2. The van der Waals surface area contributed by atoms with Gasteiger partial charge in [0.25, 0.3) is 5.91 Å². The molecular formula is C13H20N4O2. The number of aromatic nitrogens is 1. The van der Waals surface area contributed by atoms with Crippen LogP contribution in [0, 0.1) is 0 Å². The third-order valence-corrected chi connectivity index (χ3v) is 3.14. The molecule has 0 aromatic carbocycles. The molecule has 1 aliphatic rings. The molecule has 6 nitrogen and oxygen atoms in total. The predicted molar refractivity (Wildman–Crippen MR) is 72.9 cm³/mol. The van der Waals surface area contributed by atoms with Gasteiger partial charge in [-0.15, -0.1) is 0 Å². The van der Waals surface area contributed by atoms with E-state index in [9.17, 15) is 4.79 Å². The fourth-order valence-electron chi connectivity index (χ4n) is 2.04. The fourth-order valence-corrected chi connectivity index (χ4v) is 2.04. The highest BCUT2D eigenvalue weighted by Gasteiger charge is 2.11. The highest BCUT2D eigenvalue weighted by atomic mass is 16.5. The second-order valence-corrected chi connectivity index (χ2v) is 4.53. The molecule has 1 saturated heterocycles. The van der Waals surface area contributed by atoms with Crippen molar-refractivity contribution >= 4 is 11.6 Å². The predicted octanol–water partition coefficient (Wildman–Crippen LogP) is 0.116. The molecule has 1 fully saturated rings. The molecule has 2 rings (SSSR count). The minimum atomic E-state index is -0.137. The summed E-state index contributed by atoms with van der Waals surface area (Å²) in [6, 6.07) is 1.63. The van der Waals surface area contributed by atoms with E-state index in [-0.39, 0.29) is 5.91 Å². The molecule has 0 saturated carbocycles. The number of carbonyl (C=O) groups is 1. The van der Waals surface area contributed by atoms with E-state index in [4.69, 9.17) is 10.5 Å².